The highest BCUT2D eigenvalue weighted by molar-refractivity contribution is 5.99. The number of hydrogen-bond acceptors (Lipinski definition) is 2. The van der Waals surface area contributed by atoms with Crippen LogP contribution in [-0.4, -0.2) is 19.0 Å². The van der Waals surface area contributed by atoms with Crippen molar-refractivity contribution in [3.63, 3.8) is 0 Å². The number of hydrogen-bond donors (Lipinski definition) is 2. The molecule has 3 heteroatoms. The molecule has 1 fully saturated rings. The third-order valence-electron chi connectivity index (χ3n) is 3.87. The highest BCUT2D eigenvalue weighted by atomic mass is 16.1. The Kier molecular flexibility index (Phi) is 4.24. The molecule has 1 aliphatic rings. The second kappa shape index (κ2) is 5.89. The van der Waals surface area contributed by atoms with Crippen LogP contribution in [0, 0.1) is 5.92 Å². The molecule has 1 aliphatic carbocycles. The van der Waals surface area contributed by atoms with E-state index in [-0.39, 0.29) is 5.91 Å². The minimum Gasteiger partial charge on any atom is -0.387 e. The van der Waals surface area contributed by atoms with Crippen LogP contribution in [0.25, 0.3) is 0 Å². The van der Waals surface area contributed by atoms with E-state index in [1.807, 2.05) is 31.3 Å². The summed E-state index contributed by atoms with van der Waals surface area (Å²) in [5, 5.41) is 6.24. The largest absolute Gasteiger partial charge is 0.387 e. The molecule has 18 heavy (non-hydrogen) atoms. The predicted octanol–water partition coefficient (Wildman–Crippen LogP) is 3.04. The molecule has 1 aromatic carbocycles. The van der Waals surface area contributed by atoms with Crippen LogP contribution in [-0.2, 0) is 0 Å². The lowest BCUT2D eigenvalue weighted by atomic mass is 9.86. The Bertz CT molecular complexity index is 417. The van der Waals surface area contributed by atoms with Crippen molar-refractivity contribution in [3.8, 4) is 0 Å². The lowest BCUT2D eigenvalue weighted by Crippen LogP contribution is -2.41. The van der Waals surface area contributed by atoms with Gasteiger partial charge in [-0.3, -0.25) is 4.79 Å². The van der Waals surface area contributed by atoms with Crippen molar-refractivity contribution >= 4 is 11.6 Å². The molecular formula is C15H22N2O. The fourth-order valence-corrected chi connectivity index (χ4v) is 2.68. The summed E-state index contributed by atoms with van der Waals surface area (Å²) in [7, 11) is 1.84. The topological polar surface area (TPSA) is 41.1 Å². The summed E-state index contributed by atoms with van der Waals surface area (Å²) < 4.78 is 0. The second-order valence-electron chi connectivity index (χ2n) is 5.14. The van der Waals surface area contributed by atoms with Gasteiger partial charge >= 0.3 is 0 Å². The van der Waals surface area contributed by atoms with Gasteiger partial charge in [0.05, 0.1) is 5.56 Å². The van der Waals surface area contributed by atoms with Gasteiger partial charge in [0.1, 0.15) is 0 Å². The van der Waals surface area contributed by atoms with Crippen molar-refractivity contribution in [2.45, 2.75) is 38.6 Å². The van der Waals surface area contributed by atoms with Crippen LogP contribution in [0.4, 0.5) is 5.69 Å². The van der Waals surface area contributed by atoms with E-state index in [1.165, 1.54) is 19.3 Å². The summed E-state index contributed by atoms with van der Waals surface area (Å²) in [5.41, 5.74) is 1.62. The molecule has 0 bridgehead atoms. The van der Waals surface area contributed by atoms with E-state index in [0.717, 1.165) is 17.7 Å². The molecular weight excluding hydrogens is 224 g/mol. The summed E-state index contributed by atoms with van der Waals surface area (Å²) in [5.74, 6) is 0.628. The molecule has 98 valence electrons. The van der Waals surface area contributed by atoms with Crippen molar-refractivity contribution in [1.29, 1.82) is 0 Å². The van der Waals surface area contributed by atoms with Gasteiger partial charge in [0.15, 0.2) is 0 Å². The van der Waals surface area contributed by atoms with Crippen LogP contribution in [0.3, 0.4) is 0 Å². The molecule has 1 aromatic rings. The number of amides is 1. The molecule has 2 atom stereocenters. The van der Waals surface area contributed by atoms with Gasteiger partial charge in [0.25, 0.3) is 5.91 Å². The van der Waals surface area contributed by atoms with Crippen LogP contribution in [0.1, 0.15) is 43.0 Å². The first-order chi connectivity index (χ1) is 8.72. The third kappa shape index (κ3) is 2.84. The van der Waals surface area contributed by atoms with Crippen LogP contribution in [0.15, 0.2) is 24.3 Å². The number of anilines is 1. The van der Waals surface area contributed by atoms with Crippen molar-refractivity contribution < 1.29 is 4.79 Å². The Morgan fingerprint density at radius 3 is 2.67 bits per heavy atom. The maximum Gasteiger partial charge on any atom is 0.253 e. The highest BCUT2D eigenvalue weighted by Gasteiger charge is 2.23. The van der Waals surface area contributed by atoms with Gasteiger partial charge < -0.3 is 10.6 Å². The predicted molar refractivity (Wildman–Crippen MR) is 74.9 cm³/mol. The molecule has 1 saturated carbocycles. The Hall–Kier alpha value is -1.51. The van der Waals surface area contributed by atoms with E-state index in [2.05, 4.69) is 17.6 Å². The zero-order valence-corrected chi connectivity index (χ0v) is 11.2. The molecule has 0 heterocycles. The summed E-state index contributed by atoms with van der Waals surface area (Å²) in [6, 6.07) is 7.97. The quantitative estimate of drug-likeness (QED) is 0.860. The van der Waals surface area contributed by atoms with Gasteiger partial charge in [-0.2, -0.15) is 0 Å². The number of nitrogens with one attached hydrogen (secondary N) is 2. The SMILES string of the molecule is CNc1ccccc1C(=O)N[C@@H]1CCCC[C@H]1C. The van der Waals surface area contributed by atoms with E-state index >= 15 is 0 Å². The van der Waals surface area contributed by atoms with E-state index in [0.29, 0.717) is 12.0 Å². The first-order valence-corrected chi connectivity index (χ1v) is 6.80. The van der Waals surface area contributed by atoms with Gasteiger partial charge in [0, 0.05) is 18.8 Å². The third-order valence-corrected chi connectivity index (χ3v) is 3.87. The molecule has 0 radical (unpaired) electrons. The van der Waals surface area contributed by atoms with Crippen molar-refractivity contribution in [2.75, 3.05) is 12.4 Å². The Morgan fingerprint density at radius 2 is 1.94 bits per heavy atom. The molecule has 3 nitrogen and oxygen atoms in total. The number of carbonyl (C=O) groups excluding carboxylic acids is 1. The normalized spacial score (nSPS) is 23.4. The van der Waals surface area contributed by atoms with Gasteiger partial charge in [0.2, 0.25) is 0 Å². The van der Waals surface area contributed by atoms with Crippen LogP contribution in [0.5, 0.6) is 0 Å². The summed E-state index contributed by atoms with van der Waals surface area (Å²) >= 11 is 0. The molecule has 2 rings (SSSR count). The lowest BCUT2D eigenvalue weighted by Gasteiger charge is -2.29. The van der Waals surface area contributed by atoms with E-state index in [1.54, 1.807) is 0 Å². The van der Waals surface area contributed by atoms with Gasteiger partial charge in [-0.05, 0) is 30.9 Å². The first kappa shape index (κ1) is 12.9. The van der Waals surface area contributed by atoms with E-state index in [9.17, 15) is 4.79 Å². The molecule has 0 saturated heterocycles. The van der Waals surface area contributed by atoms with Crippen LogP contribution in [0.2, 0.25) is 0 Å². The van der Waals surface area contributed by atoms with Gasteiger partial charge in [-0.1, -0.05) is 31.9 Å². The fraction of sp³-hybridized carbons (Fsp3) is 0.533. The van der Waals surface area contributed by atoms with Crippen LogP contribution >= 0.6 is 0 Å². The van der Waals surface area contributed by atoms with Crippen LogP contribution < -0.4 is 10.6 Å². The van der Waals surface area contributed by atoms with Crippen molar-refractivity contribution in [2.24, 2.45) is 5.92 Å². The molecule has 2 N–H and O–H groups in total. The monoisotopic (exact) mass is 246 g/mol. The summed E-state index contributed by atoms with van der Waals surface area (Å²) in [6.45, 7) is 2.23. The standard InChI is InChI=1S/C15H22N2O/c1-11-7-3-5-9-13(11)17-15(18)12-8-4-6-10-14(12)16-2/h4,6,8,10-11,13,16H,3,5,7,9H2,1-2H3,(H,17,18)/t11-,13-/m1/s1. The van der Waals surface area contributed by atoms with Crippen molar-refractivity contribution in [1.82, 2.24) is 5.32 Å². The molecule has 0 unspecified atom stereocenters. The molecule has 0 aliphatic heterocycles. The average molecular weight is 246 g/mol. The maximum absolute atomic E-state index is 12.3. The Morgan fingerprint density at radius 1 is 1.22 bits per heavy atom. The van der Waals surface area contributed by atoms with Gasteiger partial charge in [-0.25, -0.2) is 0 Å². The number of para-hydroxylation sites is 1. The minimum absolute atomic E-state index is 0.0405. The zero-order valence-electron chi connectivity index (χ0n) is 11.2. The highest BCUT2D eigenvalue weighted by Crippen LogP contribution is 2.24. The summed E-state index contributed by atoms with van der Waals surface area (Å²) in [6.07, 6.45) is 4.84. The Labute approximate surface area is 109 Å². The number of rotatable bonds is 3. The average Bonchev–Trinajstić information content (AvgIpc) is 2.41. The first-order valence-electron chi connectivity index (χ1n) is 6.80. The molecule has 0 aromatic heterocycles. The second-order valence-corrected chi connectivity index (χ2v) is 5.14. The zero-order chi connectivity index (χ0) is 13.0. The Balaban J connectivity index is 2.07. The molecule has 1 amide bonds. The smallest absolute Gasteiger partial charge is 0.253 e. The fourth-order valence-electron chi connectivity index (χ4n) is 2.68. The van der Waals surface area contributed by atoms with E-state index in [4.69, 9.17) is 0 Å². The minimum atomic E-state index is 0.0405. The summed E-state index contributed by atoms with van der Waals surface area (Å²) in [4.78, 5) is 12.3. The van der Waals surface area contributed by atoms with Gasteiger partial charge in [-0.15, -0.1) is 0 Å². The number of carbonyl (C=O) groups is 1. The van der Waals surface area contributed by atoms with Crippen molar-refractivity contribution in [3.05, 3.63) is 29.8 Å². The number of benzene rings is 1. The molecule has 0 spiro atoms. The van der Waals surface area contributed by atoms with E-state index < -0.39 is 0 Å². The lowest BCUT2D eigenvalue weighted by molar-refractivity contribution is 0.0911. The maximum atomic E-state index is 12.3.